The molecule has 174 valence electrons. The summed E-state index contributed by atoms with van der Waals surface area (Å²) in [5, 5.41) is 9.93. The van der Waals surface area contributed by atoms with E-state index < -0.39 is 11.4 Å². The van der Waals surface area contributed by atoms with Gasteiger partial charge in [-0.2, -0.15) is 4.98 Å². The summed E-state index contributed by atoms with van der Waals surface area (Å²) in [6.45, 7) is 5.52. The summed E-state index contributed by atoms with van der Waals surface area (Å²) in [5.41, 5.74) is 3.68. The van der Waals surface area contributed by atoms with Crippen LogP contribution < -0.4 is 9.64 Å². The van der Waals surface area contributed by atoms with E-state index >= 15 is 0 Å². The van der Waals surface area contributed by atoms with Gasteiger partial charge in [0.25, 0.3) is 0 Å². The SMILES string of the molecule is CC(C)(C(=O)O)c1ccc(Oc2nc3nc(-c4ccc(N5CCCC5)cc4)c(Cl)cc3[nH]2)cc1. The molecule has 2 N–H and O–H groups in total. The number of ether oxygens (including phenoxy) is 1. The topological polar surface area (TPSA) is 91.3 Å². The van der Waals surface area contributed by atoms with E-state index in [9.17, 15) is 9.90 Å². The molecule has 0 spiro atoms. The lowest BCUT2D eigenvalue weighted by Crippen LogP contribution is -2.28. The quantitative estimate of drug-likeness (QED) is 0.353. The van der Waals surface area contributed by atoms with Gasteiger partial charge >= 0.3 is 12.0 Å². The van der Waals surface area contributed by atoms with E-state index in [1.807, 2.05) is 12.1 Å². The Kier molecular flexibility index (Phi) is 5.65. The van der Waals surface area contributed by atoms with Gasteiger partial charge in [0.15, 0.2) is 5.65 Å². The average Bonchev–Trinajstić information content (AvgIpc) is 3.49. The Balaban J connectivity index is 1.37. The molecule has 8 heteroatoms. The van der Waals surface area contributed by atoms with Crippen molar-refractivity contribution in [3.05, 3.63) is 65.2 Å². The molecular formula is C26H25ClN4O3. The Hall–Kier alpha value is -3.58. The van der Waals surface area contributed by atoms with E-state index in [1.54, 1.807) is 44.2 Å². The zero-order chi connectivity index (χ0) is 23.9. The van der Waals surface area contributed by atoms with Gasteiger partial charge in [0.05, 0.1) is 21.6 Å². The summed E-state index contributed by atoms with van der Waals surface area (Å²) in [7, 11) is 0. The van der Waals surface area contributed by atoms with Crippen LogP contribution >= 0.6 is 11.6 Å². The highest BCUT2D eigenvalue weighted by Gasteiger charge is 2.29. The predicted octanol–water partition coefficient (Wildman–Crippen LogP) is 6.03. The van der Waals surface area contributed by atoms with Crippen molar-refractivity contribution in [2.45, 2.75) is 32.1 Å². The number of hydrogen-bond acceptors (Lipinski definition) is 5. The molecule has 1 aliphatic heterocycles. The summed E-state index contributed by atoms with van der Waals surface area (Å²) in [4.78, 5) is 26.1. The van der Waals surface area contributed by atoms with Crippen LogP contribution in [0.3, 0.4) is 0 Å². The maximum Gasteiger partial charge on any atom is 0.313 e. The first-order valence-corrected chi connectivity index (χ1v) is 11.6. The minimum atomic E-state index is -0.984. The molecule has 0 aliphatic carbocycles. The van der Waals surface area contributed by atoms with Crippen molar-refractivity contribution < 1.29 is 14.6 Å². The number of hydrogen-bond donors (Lipinski definition) is 2. The van der Waals surface area contributed by atoms with Crippen molar-refractivity contribution >= 4 is 34.4 Å². The van der Waals surface area contributed by atoms with Gasteiger partial charge in [-0.1, -0.05) is 35.9 Å². The fraction of sp³-hybridized carbons (Fsp3) is 0.269. The van der Waals surface area contributed by atoms with Crippen molar-refractivity contribution in [2.24, 2.45) is 0 Å². The number of fused-ring (bicyclic) bond motifs is 1. The molecule has 0 unspecified atom stereocenters. The Morgan fingerprint density at radius 3 is 2.38 bits per heavy atom. The van der Waals surface area contributed by atoms with Gasteiger partial charge in [-0.25, -0.2) is 4.98 Å². The van der Waals surface area contributed by atoms with Gasteiger partial charge in [0.1, 0.15) is 5.75 Å². The minimum Gasteiger partial charge on any atom is -0.481 e. The lowest BCUT2D eigenvalue weighted by molar-refractivity contribution is -0.142. The Morgan fingerprint density at radius 2 is 1.74 bits per heavy atom. The third-order valence-corrected chi connectivity index (χ3v) is 6.63. The van der Waals surface area contributed by atoms with Crippen molar-refractivity contribution in [3.63, 3.8) is 0 Å². The zero-order valence-electron chi connectivity index (χ0n) is 19.0. The first-order chi connectivity index (χ1) is 16.3. The van der Waals surface area contributed by atoms with Crippen LogP contribution in [0.15, 0.2) is 54.6 Å². The summed E-state index contributed by atoms with van der Waals surface area (Å²) < 4.78 is 5.85. The van der Waals surface area contributed by atoms with E-state index in [1.165, 1.54) is 18.5 Å². The molecular weight excluding hydrogens is 452 g/mol. The number of nitrogens with zero attached hydrogens (tertiary/aromatic N) is 3. The number of carboxylic acids is 1. The van der Waals surface area contributed by atoms with Gasteiger partial charge in [0.2, 0.25) is 0 Å². The van der Waals surface area contributed by atoms with Gasteiger partial charge in [-0.15, -0.1) is 0 Å². The summed E-state index contributed by atoms with van der Waals surface area (Å²) >= 11 is 6.55. The molecule has 4 aromatic rings. The van der Waals surface area contributed by atoms with E-state index in [4.69, 9.17) is 16.3 Å². The molecule has 5 rings (SSSR count). The molecule has 34 heavy (non-hydrogen) atoms. The summed E-state index contributed by atoms with van der Waals surface area (Å²) in [6, 6.07) is 17.3. The molecule has 1 fully saturated rings. The van der Waals surface area contributed by atoms with Gasteiger partial charge < -0.3 is 19.7 Å². The number of aromatic amines is 1. The molecule has 0 amide bonds. The molecule has 7 nitrogen and oxygen atoms in total. The maximum atomic E-state index is 11.5. The predicted molar refractivity (Wildman–Crippen MR) is 133 cm³/mol. The minimum absolute atomic E-state index is 0.283. The van der Waals surface area contributed by atoms with Crippen LogP contribution in [-0.4, -0.2) is 39.1 Å². The molecule has 2 aromatic carbocycles. The van der Waals surface area contributed by atoms with Crippen molar-refractivity contribution in [2.75, 3.05) is 18.0 Å². The number of rotatable bonds is 6. The zero-order valence-corrected chi connectivity index (χ0v) is 19.8. The number of carboxylic acid groups (broad SMARTS) is 1. The number of benzene rings is 2. The molecule has 2 aromatic heterocycles. The second-order valence-electron chi connectivity index (χ2n) is 9.03. The number of anilines is 1. The summed E-state index contributed by atoms with van der Waals surface area (Å²) in [6.07, 6.45) is 2.47. The second-order valence-corrected chi connectivity index (χ2v) is 9.44. The lowest BCUT2D eigenvalue weighted by Gasteiger charge is -2.19. The molecule has 0 bridgehead atoms. The molecule has 0 atom stereocenters. The Labute approximate surface area is 202 Å². The highest BCUT2D eigenvalue weighted by Crippen LogP contribution is 2.32. The number of aliphatic carboxylic acids is 1. The smallest absolute Gasteiger partial charge is 0.313 e. The number of carbonyl (C=O) groups is 1. The number of aromatic nitrogens is 3. The Morgan fingerprint density at radius 1 is 1.06 bits per heavy atom. The average molecular weight is 477 g/mol. The van der Waals surface area contributed by atoms with Gasteiger partial charge in [-0.3, -0.25) is 4.79 Å². The summed E-state index contributed by atoms with van der Waals surface area (Å²) in [5.74, 6) is -0.351. The van der Waals surface area contributed by atoms with Gasteiger partial charge in [-0.05, 0) is 62.6 Å². The lowest BCUT2D eigenvalue weighted by atomic mass is 9.85. The van der Waals surface area contributed by atoms with Crippen molar-refractivity contribution in [1.29, 1.82) is 0 Å². The normalized spacial score (nSPS) is 14.0. The number of nitrogens with one attached hydrogen (secondary N) is 1. The number of H-pyrrole nitrogens is 1. The number of imidazole rings is 1. The van der Waals surface area contributed by atoms with E-state index in [0.717, 1.165) is 18.7 Å². The number of pyridine rings is 1. The maximum absolute atomic E-state index is 11.5. The van der Waals surface area contributed by atoms with Crippen molar-refractivity contribution in [1.82, 2.24) is 15.0 Å². The molecule has 1 aliphatic rings. The van der Waals surface area contributed by atoms with Crippen LogP contribution in [0.5, 0.6) is 11.8 Å². The van der Waals surface area contributed by atoms with Crippen LogP contribution in [0.1, 0.15) is 32.3 Å². The molecule has 0 radical (unpaired) electrons. The standard InChI is InChI=1S/C26H25ClN4O3/c1-26(2,24(32)33)17-7-11-19(12-8-17)34-25-28-21-15-20(27)22(29-23(21)30-25)16-5-9-18(10-6-16)31-13-3-4-14-31/h5-12,15H,3-4,13-14H2,1-2H3,(H,32,33)(H,28,29,30). The van der Waals surface area contributed by atoms with Crippen LogP contribution in [0.25, 0.3) is 22.4 Å². The third-order valence-electron chi connectivity index (χ3n) is 6.34. The van der Waals surface area contributed by atoms with Crippen LogP contribution in [-0.2, 0) is 10.2 Å². The van der Waals surface area contributed by atoms with Crippen LogP contribution in [0.2, 0.25) is 5.02 Å². The molecule has 3 heterocycles. The van der Waals surface area contributed by atoms with E-state index in [0.29, 0.717) is 33.2 Å². The van der Waals surface area contributed by atoms with Crippen LogP contribution in [0, 0.1) is 0 Å². The van der Waals surface area contributed by atoms with E-state index in [2.05, 4.69) is 32.0 Å². The fourth-order valence-corrected chi connectivity index (χ4v) is 4.39. The van der Waals surface area contributed by atoms with E-state index in [-0.39, 0.29) is 6.01 Å². The second kappa shape index (κ2) is 8.65. The fourth-order valence-electron chi connectivity index (χ4n) is 4.13. The molecule has 0 saturated carbocycles. The largest absolute Gasteiger partial charge is 0.481 e. The first kappa shape index (κ1) is 22.2. The van der Waals surface area contributed by atoms with Crippen LogP contribution in [0.4, 0.5) is 5.69 Å². The first-order valence-electron chi connectivity index (χ1n) is 11.2. The number of halogens is 1. The highest BCUT2D eigenvalue weighted by atomic mass is 35.5. The highest BCUT2D eigenvalue weighted by molar-refractivity contribution is 6.33. The monoisotopic (exact) mass is 476 g/mol. The van der Waals surface area contributed by atoms with Crippen molar-refractivity contribution in [3.8, 4) is 23.0 Å². The third kappa shape index (κ3) is 4.19. The van der Waals surface area contributed by atoms with Gasteiger partial charge in [0, 0.05) is 24.3 Å². The Bertz CT molecular complexity index is 1340. The molecule has 1 saturated heterocycles.